The molecule has 2 rings (SSSR count). The quantitative estimate of drug-likeness (QED) is 0.194. The van der Waals surface area contributed by atoms with E-state index in [2.05, 4.69) is 69.6 Å². The predicted molar refractivity (Wildman–Crippen MR) is 128 cm³/mol. The first kappa shape index (κ1) is 26.6. The molecule has 0 amide bonds. The minimum absolute atomic E-state index is 0.630. The molecule has 32 heavy (non-hydrogen) atoms. The molecule has 2 aromatic heterocycles. The molecule has 0 bridgehead atoms. The molecule has 0 aliphatic carbocycles. The predicted octanol–water partition coefficient (Wildman–Crippen LogP) is 5.23. The van der Waals surface area contributed by atoms with Crippen molar-refractivity contribution in [2.24, 2.45) is 0 Å². The molecule has 6 nitrogen and oxygen atoms in total. The average molecular weight is 449 g/mol. The molecule has 0 aromatic carbocycles. The fraction of sp³-hybridized carbons (Fsp3) is 0.769. The Morgan fingerprint density at radius 3 is 1.44 bits per heavy atom. The van der Waals surface area contributed by atoms with Crippen molar-refractivity contribution < 1.29 is 18.6 Å². The lowest BCUT2D eigenvalue weighted by molar-refractivity contribution is -0.733. The van der Waals surface area contributed by atoms with Crippen molar-refractivity contribution in [2.75, 3.05) is 13.2 Å². The minimum atomic E-state index is 0.630. The van der Waals surface area contributed by atoms with Crippen molar-refractivity contribution in [1.29, 1.82) is 0 Å². The first-order valence-electron chi connectivity index (χ1n) is 13.1. The summed E-state index contributed by atoms with van der Waals surface area (Å²) in [6.45, 7) is 9.55. The van der Waals surface area contributed by atoms with Gasteiger partial charge in [0, 0.05) is 0 Å². The van der Waals surface area contributed by atoms with Crippen LogP contribution >= 0.6 is 0 Å². The van der Waals surface area contributed by atoms with Crippen LogP contribution in [0.4, 0.5) is 0 Å². The standard InChI is InChI=1S/C26H48N4O2/c1-3-5-7-9-11-15-27-17-19-29(23-27)25-31-21-13-14-22-32-26-30-20-18-28(24-30)16-12-10-8-6-4-2/h17-20,23-24H,3-16,21-22,25-26H2,1-2H3/q+2. The third-order valence-electron chi connectivity index (χ3n) is 5.84. The summed E-state index contributed by atoms with van der Waals surface area (Å²) in [5, 5.41) is 0. The van der Waals surface area contributed by atoms with Gasteiger partial charge in [-0.1, -0.05) is 52.4 Å². The monoisotopic (exact) mass is 448 g/mol. The Morgan fingerprint density at radius 1 is 0.562 bits per heavy atom. The fourth-order valence-corrected chi connectivity index (χ4v) is 3.84. The zero-order chi connectivity index (χ0) is 22.7. The van der Waals surface area contributed by atoms with Crippen molar-refractivity contribution in [3.8, 4) is 0 Å². The zero-order valence-electron chi connectivity index (χ0n) is 20.8. The fourth-order valence-electron chi connectivity index (χ4n) is 3.84. The van der Waals surface area contributed by atoms with E-state index in [0.717, 1.165) is 39.1 Å². The highest BCUT2D eigenvalue weighted by atomic mass is 16.5. The van der Waals surface area contributed by atoms with Crippen LogP contribution < -0.4 is 9.13 Å². The molecular formula is C26H48N4O2+2. The van der Waals surface area contributed by atoms with Crippen LogP contribution in [0.1, 0.15) is 90.9 Å². The molecule has 2 aromatic rings. The highest BCUT2D eigenvalue weighted by Crippen LogP contribution is 2.04. The van der Waals surface area contributed by atoms with Crippen LogP contribution in [0.5, 0.6) is 0 Å². The van der Waals surface area contributed by atoms with E-state index in [9.17, 15) is 0 Å². The maximum atomic E-state index is 5.81. The molecule has 0 radical (unpaired) electrons. The Balaban J connectivity index is 1.42. The van der Waals surface area contributed by atoms with Gasteiger partial charge in [-0.15, -0.1) is 0 Å². The van der Waals surface area contributed by atoms with E-state index in [-0.39, 0.29) is 0 Å². The largest absolute Gasteiger partial charge is 0.342 e. The van der Waals surface area contributed by atoms with Crippen LogP contribution in [0, 0.1) is 0 Å². The third-order valence-corrected chi connectivity index (χ3v) is 5.84. The van der Waals surface area contributed by atoms with Gasteiger partial charge in [0.1, 0.15) is 24.8 Å². The van der Waals surface area contributed by atoms with E-state index < -0.39 is 0 Å². The smallest absolute Gasteiger partial charge is 0.245 e. The number of hydrogen-bond acceptors (Lipinski definition) is 2. The molecule has 0 saturated heterocycles. The second kappa shape index (κ2) is 17.8. The highest BCUT2D eigenvalue weighted by molar-refractivity contribution is 4.66. The van der Waals surface area contributed by atoms with Crippen molar-refractivity contribution in [3.63, 3.8) is 0 Å². The van der Waals surface area contributed by atoms with Gasteiger partial charge in [-0.2, -0.15) is 0 Å². The van der Waals surface area contributed by atoms with Gasteiger partial charge in [-0.05, 0) is 38.5 Å². The molecule has 182 valence electrons. The molecular weight excluding hydrogens is 400 g/mol. The normalized spacial score (nSPS) is 11.4. The van der Waals surface area contributed by atoms with Gasteiger partial charge >= 0.3 is 0 Å². The Labute approximate surface area is 196 Å². The highest BCUT2D eigenvalue weighted by Gasteiger charge is 2.05. The summed E-state index contributed by atoms with van der Waals surface area (Å²) < 4.78 is 20.4. The number of ether oxygens (including phenoxy) is 2. The molecule has 0 atom stereocenters. The molecule has 0 fully saturated rings. The van der Waals surface area contributed by atoms with Gasteiger partial charge in [-0.3, -0.25) is 0 Å². The Bertz CT molecular complexity index is 625. The van der Waals surface area contributed by atoms with Crippen LogP contribution in [-0.2, 0) is 36.0 Å². The van der Waals surface area contributed by atoms with Crippen LogP contribution in [0.2, 0.25) is 0 Å². The first-order chi connectivity index (χ1) is 15.8. The zero-order valence-corrected chi connectivity index (χ0v) is 20.8. The SMILES string of the molecule is CCCCCCCn1cc[n+](COCCCCOC[n+]2ccn(CCCCCCC)c2)c1. The average Bonchev–Trinajstić information content (AvgIpc) is 3.45. The number of aryl methyl sites for hydroxylation is 2. The number of nitrogens with zero attached hydrogens (tertiary/aromatic N) is 4. The van der Waals surface area contributed by atoms with E-state index >= 15 is 0 Å². The van der Waals surface area contributed by atoms with Crippen LogP contribution in [0.25, 0.3) is 0 Å². The Morgan fingerprint density at radius 2 is 1.00 bits per heavy atom. The molecule has 6 heteroatoms. The Hall–Kier alpha value is -1.66. The molecule has 2 heterocycles. The maximum Gasteiger partial charge on any atom is 0.245 e. The topological polar surface area (TPSA) is 36.1 Å². The van der Waals surface area contributed by atoms with Gasteiger partial charge in [0.05, 0.1) is 26.3 Å². The van der Waals surface area contributed by atoms with Gasteiger partial charge < -0.3 is 9.47 Å². The lowest BCUT2D eigenvalue weighted by Crippen LogP contribution is -2.33. The second-order valence-corrected chi connectivity index (χ2v) is 8.94. The van der Waals surface area contributed by atoms with Gasteiger partial charge in [0.25, 0.3) is 0 Å². The number of imidazole rings is 2. The second-order valence-electron chi connectivity index (χ2n) is 8.94. The molecule has 0 saturated carbocycles. The van der Waals surface area contributed by atoms with Gasteiger partial charge in [-0.25, -0.2) is 18.3 Å². The summed E-state index contributed by atoms with van der Waals surface area (Å²) >= 11 is 0. The first-order valence-corrected chi connectivity index (χ1v) is 13.1. The summed E-state index contributed by atoms with van der Waals surface area (Å²) in [7, 11) is 0. The Kier molecular flexibility index (Phi) is 14.8. The van der Waals surface area contributed by atoms with Gasteiger partial charge in [0.2, 0.25) is 12.7 Å². The van der Waals surface area contributed by atoms with Crippen molar-refractivity contribution in [3.05, 3.63) is 37.4 Å². The summed E-state index contributed by atoms with van der Waals surface area (Å²) in [6.07, 6.45) is 28.1. The van der Waals surface area contributed by atoms with Crippen LogP contribution in [0.15, 0.2) is 37.4 Å². The molecule has 0 unspecified atom stereocenters. The molecule has 0 N–H and O–H groups in total. The summed E-state index contributed by atoms with van der Waals surface area (Å²) in [6, 6.07) is 0. The van der Waals surface area contributed by atoms with E-state index in [4.69, 9.17) is 9.47 Å². The van der Waals surface area contributed by atoms with Gasteiger partial charge in [0.15, 0.2) is 13.5 Å². The van der Waals surface area contributed by atoms with Crippen molar-refractivity contribution >= 4 is 0 Å². The molecule has 0 aliphatic rings. The number of aromatic nitrogens is 4. The summed E-state index contributed by atoms with van der Waals surface area (Å²) in [5.74, 6) is 0. The maximum absolute atomic E-state index is 5.81. The number of hydrogen-bond donors (Lipinski definition) is 0. The van der Waals surface area contributed by atoms with Crippen molar-refractivity contribution in [1.82, 2.24) is 9.13 Å². The number of unbranched alkanes of at least 4 members (excludes halogenated alkanes) is 9. The van der Waals surface area contributed by atoms with E-state index in [1.165, 1.54) is 64.2 Å². The third kappa shape index (κ3) is 12.4. The summed E-state index contributed by atoms with van der Waals surface area (Å²) in [4.78, 5) is 0. The molecule has 0 aliphatic heterocycles. The lowest BCUT2D eigenvalue weighted by atomic mass is 10.1. The van der Waals surface area contributed by atoms with E-state index in [0.29, 0.717) is 13.5 Å². The van der Waals surface area contributed by atoms with E-state index in [1.54, 1.807) is 0 Å². The minimum Gasteiger partial charge on any atom is -0.342 e. The summed E-state index contributed by atoms with van der Waals surface area (Å²) in [5.41, 5.74) is 0. The van der Waals surface area contributed by atoms with E-state index in [1.807, 2.05) is 0 Å². The van der Waals surface area contributed by atoms with Crippen LogP contribution in [-0.4, -0.2) is 22.3 Å². The number of rotatable bonds is 21. The van der Waals surface area contributed by atoms with Crippen LogP contribution in [0.3, 0.4) is 0 Å². The van der Waals surface area contributed by atoms with Crippen molar-refractivity contribution in [2.45, 2.75) is 117 Å². The lowest BCUT2D eigenvalue weighted by Gasteiger charge is -2.03. The molecule has 0 spiro atoms.